The molecule has 9 heteroatoms. The number of nitrogens with one attached hydrogen (secondary N) is 2. The average Bonchev–Trinajstić information content (AvgIpc) is 3.28. The van der Waals surface area contributed by atoms with Crippen molar-refractivity contribution in [1.82, 2.24) is 10.3 Å². The smallest absolute Gasteiger partial charge is 0.325 e. The highest BCUT2D eigenvalue weighted by Gasteiger charge is 2.09. The monoisotopic (exact) mass is 453 g/mol. The molecule has 0 atom stereocenters. The summed E-state index contributed by atoms with van der Waals surface area (Å²) >= 11 is 1.44. The molecule has 8 nitrogen and oxygen atoms in total. The van der Waals surface area contributed by atoms with Crippen LogP contribution in [0.3, 0.4) is 0 Å². The van der Waals surface area contributed by atoms with Gasteiger partial charge in [0.2, 0.25) is 17.7 Å². The molecule has 0 spiro atoms. The first kappa shape index (κ1) is 23.1. The number of oxazole rings is 1. The summed E-state index contributed by atoms with van der Waals surface area (Å²) in [6.07, 6.45) is 1.73. The standard InChI is InChI=1S/C23H23N3O5S/c1-30-22(29)12-24-20(27)11-16-7-9-18(10-8-16)25-21(28)15-32-14-19-13-31-23(26-19)17-5-3-2-4-6-17/h2-10,13H,11-12,14-15H2,1H3,(H,24,27)(H,25,28). The first-order chi connectivity index (χ1) is 15.5. The molecule has 166 valence electrons. The molecule has 1 heterocycles. The van der Waals surface area contributed by atoms with Crippen LogP contribution in [0.15, 0.2) is 65.3 Å². The van der Waals surface area contributed by atoms with Crippen LogP contribution in [0.1, 0.15) is 11.3 Å². The highest BCUT2D eigenvalue weighted by atomic mass is 32.2. The van der Waals surface area contributed by atoms with Crippen LogP contribution < -0.4 is 10.6 Å². The van der Waals surface area contributed by atoms with Gasteiger partial charge in [-0.1, -0.05) is 30.3 Å². The number of carbonyl (C=O) groups is 3. The lowest BCUT2D eigenvalue weighted by Gasteiger charge is -2.07. The molecule has 0 radical (unpaired) electrons. The van der Waals surface area contributed by atoms with E-state index in [1.165, 1.54) is 18.9 Å². The lowest BCUT2D eigenvalue weighted by Crippen LogP contribution is -2.31. The Labute approximate surface area is 189 Å². The summed E-state index contributed by atoms with van der Waals surface area (Å²) in [5.74, 6) is 0.464. The SMILES string of the molecule is COC(=O)CNC(=O)Cc1ccc(NC(=O)CSCc2coc(-c3ccccc3)n2)cc1. The Morgan fingerprint density at radius 2 is 1.78 bits per heavy atom. The third kappa shape index (κ3) is 7.28. The minimum Gasteiger partial charge on any atom is -0.468 e. The van der Waals surface area contributed by atoms with Crippen LogP contribution in [-0.4, -0.2) is 42.2 Å². The molecule has 3 aromatic rings. The van der Waals surface area contributed by atoms with E-state index in [0.717, 1.165) is 16.8 Å². The Morgan fingerprint density at radius 3 is 2.50 bits per heavy atom. The fourth-order valence-electron chi connectivity index (χ4n) is 2.73. The van der Waals surface area contributed by atoms with Gasteiger partial charge in [0.15, 0.2) is 0 Å². The van der Waals surface area contributed by atoms with Gasteiger partial charge in [-0.3, -0.25) is 14.4 Å². The van der Waals surface area contributed by atoms with Crippen molar-refractivity contribution in [1.29, 1.82) is 0 Å². The number of methoxy groups -OCH3 is 1. The summed E-state index contributed by atoms with van der Waals surface area (Å²) in [4.78, 5) is 39.5. The third-order valence-electron chi connectivity index (χ3n) is 4.32. The van der Waals surface area contributed by atoms with Crippen LogP contribution in [0.5, 0.6) is 0 Å². The van der Waals surface area contributed by atoms with E-state index < -0.39 is 5.97 Å². The van der Waals surface area contributed by atoms with Crippen LogP contribution in [0.2, 0.25) is 0 Å². The second-order valence-electron chi connectivity index (χ2n) is 6.78. The van der Waals surface area contributed by atoms with Crippen molar-refractivity contribution in [3.8, 4) is 11.5 Å². The second kappa shape index (κ2) is 11.7. The Kier molecular flexibility index (Phi) is 8.44. The van der Waals surface area contributed by atoms with Crippen molar-refractivity contribution in [2.45, 2.75) is 12.2 Å². The summed E-state index contributed by atoms with van der Waals surface area (Å²) in [5.41, 5.74) is 3.09. The van der Waals surface area contributed by atoms with E-state index in [4.69, 9.17) is 4.42 Å². The third-order valence-corrected chi connectivity index (χ3v) is 5.28. The highest BCUT2D eigenvalue weighted by molar-refractivity contribution is 7.99. The van der Waals surface area contributed by atoms with Gasteiger partial charge in [-0.05, 0) is 29.8 Å². The second-order valence-corrected chi connectivity index (χ2v) is 7.76. The Bertz CT molecular complexity index is 1050. The summed E-state index contributed by atoms with van der Waals surface area (Å²) in [7, 11) is 1.26. The molecule has 0 bridgehead atoms. The zero-order chi connectivity index (χ0) is 22.8. The number of ether oxygens (including phenoxy) is 1. The Hall–Kier alpha value is -3.59. The maximum Gasteiger partial charge on any atom is 0.325 e. The molecule has 0 aliphatic heterocycles. The quantitative estimate of drug-likeness (QED) is 0.454. The number of hydrogen-bond donors (Lipinski definition) is 2. The fourth-order valence-corrected chi connectivity index (χ4v) is 3.43. The van der Waals surface area contributed by atoms with Gasteiger partial charge in [-0.25, -0.2) is 4.98 Å². The number of benzene rings is 2. The molecular formula is C23H23N3O5S. The van der Waals surface area contributed by atoms with Gasteiger partial charge in [0.25, 0.3) is 0 Å². The van der Waals surface area contributed by atoms with E-state index in [0.29, 0.717) is 17.3 Å². The summed E-state index contributed by atoms with van der Waals surface area (Å²) in [6.45, 7) is -0.164. The van der Waals surface area contributed by atoms with Crippen molar-refractivity contribution in [2.24, 2.45) is 0 Å². The number of carbonyl (C=O) groups excluding carboxylic acids is 3. The minimum atomic E-state index is -0.505. The van der Waals surface area contributed by atoms with Gasteiger partial charge >= 0.3 is 5.97 Å². The normalized spacial score (nSPS) is 10.4. The van der Waals surface area contributed by atoms with E-state index >= 15 is 0 Å². The molecule has 0 saturated carbocycles. The van der Waals surface area contributed by atoms with Gasteiger partial charge in [-0.2, -0.15) is 0 Å². The van der Waals surface area contributed by atoms with Gasteiger partial charge < -0.3 is 19.8 Å². The molecule has 0 aliphatic rings. The van der Waals surface area contributed by atoms with E-state index in [2.05, 4.69) is 20.4 Å². The molecule has 3 rings (SSSR count). The predicted octanol–water partition coefficient (Wildman–Crippen LogP) is 3.05. The Balaban J connectivity index is 1.39. The van der Waals surface area contributed by atoms with E-state index in [1.807, 2.05) is 30.3 Å². The predicted molar refractivity (Wildman–Crippen MR) is 122 cm³/mol. The number of rotatable bonds is 10. The van der Waals surface area contributed by atoms with E-state index in [-0.39, 0.29) is 30.5 Å². The topological polar surface area (TPSA) is 111 Å². The maximum absolute atomic E-state index is 12.2. The fraction of sp³-hybridized carbons (Fsp3) is 0.217. The highest BCUT2D eigenvalue weighted by Crippen LogP contribution is 2.20. The van der Waals surface area contributed by atoms with Crippen LogP contribution in [0.25, 0.3) is 11.5 Å². The summed E-state index contributed by atoms with van der Waals surface area (Å²) in [5, 5.41) is 5.30. The molecule has 1 aromatic heterocycles. The summed E-state index contributed by atoms with van der Waals surface area (Å²) < 4.78 is 9.97. The average molecular weight is 454 g/mol. The molecule has 0 aliphatic carbocycles. The molecule has 0 fully saturated rings. The van der Waals surface area contributed by atoms with Gasteiger partial charge in [-0.15, -0.1) is 11.8 Å². The first-order valence-electron chi connectivity index (χ1n) is 9.83. The maximum atomic E-state index is 12.2. The molecule has 0 unspecified atom stereocenters. The largest absolute Gasteiger partial charge is 0.468 e. The van der Waals surface area contributed by atoms with Gasteiger partial charge in [0.05, 0.1) is 25.0 Å². The number of esters is 1. The van der Waals surface area contributed by atoms with Crippen molar-refractivity contribution in [2.75, 3.05) is 24.7 Å². The van der Waals surface area contributed by atoms with E-state index in [1.54, 1.807) is 30.5 Å². The Morgan fingerprint density at radius 1 is 1.03 bits per heavy atom. The summed E-state index contributed by atoms with van der Waals surface area (Å²) in [6, 6.07) is 16.6. The van der Waals surface area contributed by atoms with Crippen molar-refractivity contribution in [3.05, 3.63) is 72.1 Å². The first-order valence-corrected chi connectivity index (χ1v) is 11.0. The van der Waals surface area contributed by atoms with Crippen LogP contribution >= 0.6 is 11.8 Å². The number of hydrogen-bond acceptors (Lipinski definition) is 7. The molecule has 2 amide bonds. The molecule has 0 saturated heterocycles. The zero-order valence-corrected chi connectivity index (χ0v) is 18.3. The van der Waals surface area contributed by atoms with Crippen LogP contribution in [-0.2, 0) is 31.3 Å². The van der Waals surface area contributed by atoms with Crippen LogP contribution in [0, 0.1) is 0 Å². The zero-order valence-electron chi connectivity index (χ0n) is 17.5. The number of anilines is 1. The molecule has 2 N–H and O–H groups in total. The van der Waals surface area contributed by atoms with Crippen LogP contribution in [0.4, 0.5) is 5.69 Å². The lowest BCUT2D eigenvalue weighted by atomic mass is 10.1. The minimum absolute atomic E-state index is 0.129. The lowest BCUT2D eigenvalue weighted by molar-refractivity contribution is -0.141. The number of amides is 2. The number of aromatic nitrogens is 1. The van der Waals surface area contributed by atoms with Crippen molar-refractivity contribution >= 4 is 35.2 Å². The molecular weight excluding hydrogens is 430 g/mol. The molecule has 32 heavy (non-hydrogen) atoms. The van der Waals surface area contributed by atoms with Crippen molar-refractivity contribution < 1.29 is 23.5 Å². The van der Waals surface area contributed by atoms with Gasteiger partial charge in [0, 0.05) is 17.0 Å². The number of nitrogens with zero attached hydrogens (tertiary/aromatic N) is 1. The van der Waals surface area contributed by atoms with Crippen molar-refractivity contribution in [3.63, 3.8) is 0 Å². The van der Waals surface area contributed by atoms with Gasteiger partial charge in [0.1, 0.15) is 12.8 Å². The molecule has 2 aromatic carbocycles. The number of thioether (sulfide) groups is 1. The van der Waals surface area contributed by atoms with E-state index in [9.17, 15) is 14.4 Å².